The topological polar surface area (TPSA) is 68.3 Å². The Hall–Kier alpha value is -3.29. The van der Waals surface area contributed by atoms with Crippen LogP contribution in [-0.4, -0.2) is 63.8 Å². The Labute approximate surface area is 168 Å². The van der Waals surface area contributed by atoms with Gasteiger partial charge in [-0.2, -0.15) is 0 Å². The molecule has 0 radical (unpaired) electrons. The zero-order valence-electron chi connectivity index (χ0n) is 16.4. The molecule has 8 heteroatoms. The quantitative estimate of drug-likeness (QED) is 0.691. The zero-order chi connectivity index (χ0) is 20.8. The Kier molecular flexibility index (Phi) is 6.54. The molecule has 3 rings (SSSR count). The molecular weight excluding hydrogens is 379 g/mol. The minimum Gasteiger partial charge on any atom is -0.493 e. The normalized spacial score (nSPS) is 13.8. The number of esters is 1. The average Bonchev–Trinajstić information content (AvgIpc) is 2.77. The summed E-state index contributed by atoms with van der Waals surface area (Å²) in [5, 5.41) is 0. The number of amides is 1. The molecular formula is C21H23FN2O5. The maximum atomic E-state index is 13.1. The second-order valence-corrected chi connectivity index (χ2v) is 6.46. The van der Waals surface area contributed by atoms with E-state index in [0.29, 0.717) is 31.9 Å². The summed E-state index contributed by atoms with van der Waals surface area (Å²) in [6.07, 6.45) is 0. The number of hydrogen-bond acceptors (Lipinski definition) is 6. The Balaban J connectivity index is 1.53. The molecule has 1 heterocycles. The van der Waals surface area contributed by atoms with Crippen LogP contribution in [0.25, 0.3) is 0 Å². The zero-order valence-corrected chi connectivity index (χ0v) is 16.4. The highest BCUT2D eigenvalue weighted by Crippen LogP contribution is 2.31. The van der Waals surface area contributed by atoms with Crippen molar-refractivity contribution in [2.24, 2.45) is 0 Å². The van der Waals surface area contributed by atoms with E-state index >= 15 is 0 Å². The lowest BCUT2D eigenvalue weighted by molar-refractivity contribution is -0.134. The van der Waals surface area contributed by atoms with Crippen molar-refractivity contribution in [2.45, 2.75) is 0 Å². The number of methoxy groups -OCH3 is 2. The molecule has 0 N–H and O–H groups in total. The van der Waals surface area contributed by atoms with E-state index < -0.39 is 5.97 Å². The number of piperazine rings is 1. The first-order valence-corrected chi connectivity index (χ1v) is 9.20. The molecule has 1 aliphatic rings. The summed E-state index contributed by atoms with van der Waals surface area (Å²) in [4.78, 5) is 28.5. The smallest absolute Gasteiger partial charge is 0.342 e. The molecule has 7 nitrogen and oxygen atoms in total. The van der Waals surface area contributed by atoms with E-state index in [4.69, 9.17) is 14.2 Å². The molecule has 0 bridgehead atoms. The van der Waals surface area contributed by atoms with E-state index in [-0.39, 0.29) is 29.6 Å². The predicted octanol–water partition coefficient (Wildman–Crippen LogP) is 2.35. The van der Waals surface area contributed by atoms with Crippen LogP contribution in [-0.2, 0) is 9.53 Å². The highest BCUT2D eigenvalue weighted by atomic mass is 19.1. The van der Waals surface area contributed by atoms with Crippen LogP contribution in [0.4, 0.5) is 10.1 Å². The van der Waals surface area contributed by atoms with Gasteiger partial charge in [0.05, 0.1) is 14.2 Å². The van der Waals surface area contributed by atoms with Gasteiger partial charge in [-0.05, 0) is 36.4 Å². The number of rotatable bonds is 6. The number of anilines is 1. The molecule has 1 saturated heterocycles. The van der Waals surface area contributed by atoms with Gasteiger partial charge >= 0.3 is 5.97 Å². The van der Waals surface area contributed by atoms with Gasteiger partial charge in [0.1, 0.15) is 11.4 Å². The van der Waals surface area contributed by atoms with E-state index in [1.807, 2.05) is 0 Å². The van der Waals surface area contributed by atoms with Crippen molar-refractivity contribution >= 4 is 17.6 Å². The number of halogens is 1. The molecule has 1 fully saturated rings. The molecule has 0 aliphatic carbocycles. The number of nitrogens with zero attached hydrogens (tertiary/aromatic N) is 2. The summed E-state index contributed by atoms with van der Waals surface area (Å²) in [5.74, 6) is -0.527. The number of carbonyl (C=O) groups excluding carboxylic acids is 2. The van der Waals surface area contributed by atoms with E-state index in [0.717, 1.165) is 5.69 Å². The maximum absolute atomic E-state index is 13.1. The van der Waals surface area contributed by atoms with Crippen molar-refractivity contribution in [3.05, 3.63) is 53.8 Å². The molecule has 1 aliphatic heterocycles. The van der Waals surface area contributed by atoms with Crippen molar-refractivity contribution in [3.63, 3.8) is 0 Å². The van der Waals surface area contributed by atoms with Gasteiger partial charge in [0, 0.05) is 31.9 Å². The average molecular weight is 402 g/mol. The fraction of sp³-hybridized carbons (Fsp3) is 0.333. The van der Waals surface area contributed by atoms with Crippen LogP contribution in [0.15, 0.2) is 42.5 Å². The Morgan fingerprint density at radius 1 is 0.966 bits per heavy atom. The van der Waals surface area contributed by atoms with Crippen LogP contribution in [0.3, 0.4) is 0 Å². The fourth-order valence-corrected chi connectivity index (χ4v) is 3.21. The minimum absolute atomic E-state index is 0.195. The first-order chi connectivity index (χ1) is 14.0. The predicted molar refractivity (Wildman–Crippen MR) is 105 cm³/mol. The van der Waals surface area contributed by atoms with Crippen LogP contribution in [0.1, 0.15) is 10.4 Å². The monoisotopic (exact) mass is 402 g/mol. The summed E-state index contributed by atoms with van der Waals surface area (Å²) in [6.45, 7) is 1.88. The minimum atomic E-state index is -0.654. The first-order valence-electron chi connectivity index (χ1n) is 9.20. The standard InChI is InChI=1S/C21H23FN2O5/c1-27-18-5-3-4-17(20(18)28-2)21(26)29-14-19(25)24-12-10-23(11-13-24)16-8-6-15(22)7-9-16/h3-9H,10-14H2,1-2H3. The number of carbonyl (C=O) groups is 2. The van der Waals surface area contributed by atoms with Gasteiger partial charge in [0.15, 0.2) is 18.1 Å². The SMILES string of the molecule is COc1cccc(C(=O)OCC(=O)N2CCN(c3ccc(F)cc3)CC2)c1OC. The third kappa shape index (κ3) is 4.77. The van der Waals surface area contributed by atoms with Crippen LogP contribution in [0, 0.1) is 5.82 Å². The summed E-state index contributed by atoms with van der Waals surface area (Å²) in [6, 6.07) is 11.1. The Morgan fingerprint density at radius 3 is 2.28 bits per heavy atom. The molecule has 0 aromatic heterocycles. The summed E-state index contributed by atoms with van der Waals surface area (Å²) >= 11 is 0. The van der Waals surface area contributed by atoms with Crippen molar-refractivity contribution in [3.8, 4) is 11.5 Å². The van der Waals surface area contributed by atoms with Crippen molar-refractivity contribution in [1.29, 1.82) is 0 Å². The van der Waals surface area contributed by atoms with E-state index in [1.54, 1.807) is 35.2 Å². The molecule has 1 amide bonds. The Bertz CT molecular complexity index is 864. The highest BCUT2D eigenvalue weighted by molar-refractivity contribution is 5.95. The van der Waals surface area contributed by atoms with Crippen molar-refractivity contribution < 1.29 is 28.2 Å². The van der Waals surface area contributed by atoms with Crippen molar-refractivity contribution in [2.75, 3.05) is 51.9 Å². The largest absolute Gasteiger partial charge is 0.493 e. The van der Waals surface area contributed by atoms with E-state index in [2.05, 4.69) is 4.90 Å². The fourth-order valence-electron chi connectivity index (χ4n) is 3.21. The molecule has 0 saturated carbocycles. The van der Waals surface area contributed by atoms with E-state index in [9.17, 15) is 14.0 Å². The lowest BCUT2D eigenvalue weighted by Gasteiger charge is -2.36. The van der Waals surface area contributed by atoms with Gasteiger partial charge in [-0.15, -0.1) is 0 Å². The molecule has 29 heavy (non-hydrogen) atoms. The molecule has 0 atom stereocenters. The van der Waals surface area contributed by atoms with Crippen molar-refractivity contribution in [1.82, 2.24) is 4.90 Å². The van der Waals surface area contributed by atoms with Gasteiger partial charge in [0.25, 0.3) is 5.91 Å². The van der Waals surface area contributed by atoms with Gasteiger partial charge in [-0.25, -0.2) is 9.18 Å². The second kappa shape index (κ2) is 9.27. The van der Waals surface area contributed by atoms with Gasteiger partial charge in [0.2, 0.25) is 0 Å². The number of hydrogen-bond donors (Lipinski definition) is 0. The highest BCUT2D eigenvalue weighted by Gasteiger charge is 2.24. The van der Waals surface area contributed by atoms with Gasteiger partial charge in [-0.3, -0.25) is 4.79 Å². The van der Waals surface area contributed by atoms with Gasteiger partial charge < -0.3 is 24.0 Å². The lowest BCUT2D eigenvalue weighted by atomic mass is 10.2. The molecule has 2 aromatic rings. The number of para-hydroxylation sites is 1. The molecule has 154 valence electrons. The van der Waals surface area contributed by atoms with Crippen LogP contribution in [0.2, 0.25) is 0 Å². The van der Waals surface area contributed by atoms with Crippen LogP contribution >= 0.6 is 0 Å². The molecule has 2 aromatic carbocycles. The third-order valence-corrected chi connectivity index (χ3v) is 4.77. The van der Waals surface area contributed by atoms with Gasteiger partial charge in [-0.1, -0.05) is 6.07 Å². The first kappa shape index (κ1) is 20.4. The number of benzene rings is 2. The summed E-state index contributed by atoms with van der Waals surface area (Å²) in [5.41, 5.74) is 1.11. The Morgan fingerprint density at radius 2 is 1.66 bits per heavy atom. The molecule has 0 spiro atoms. The molecule has 0 unspecified atom stereocenters. The summed E-state index contributed by atoms with van der Waals surface area (Å²) < 4.78 is 28.6. The maximum Gasteiger partial charge on any atom is 0.342 e. The van der Waals surface area contributed by atoms with Crippen LogP contribution < -0.4 is 14.4 Å². The second-order valence-electron chi connectivity index (χ2n) is 6.46. The van der Waals surface area contributed by atoms with Crippen LogP contribution in [0.5, 0.6) is 11.5 Å². The summed E-state index contributed by atoms with van der Waals surface area (Å²) in [7, 11) is 2.91. The number of ether oxygens (including phenoxy) is 3. The lowest BCUT2D eigenvalue weighted by Crippen LogP contribution is -2.49. The third-order valence-electron chi connectivity index (χ3n) is 4.77. The van der Waals surface area contributed by atoms with E-state index in [1.165, 1.54) is 26.4 Å².